The number of nitrogens with one attached hydrogen (secondary N) is 1. The zero-order chi connectivity index (χ0) is 17.7. The van der Waals surface area contributed by atoms with Crippen LogP contribution in [0.15, 0.2) is 53.4 Å². The van der Waals surface area contributed by atoms with E-state index in [0.717, 1.165) is 19.0 Å². The van der Waals surface area contributed by atoms with E-state index in [1.165, 1.54) is 11.8 Å². The van der Waals surface area contributed by atoms with Gasteiger partial charge >= 0.3 is 0 Å². The number of thioether (sulfide) groups is 1. The van der Waals surface area contributed by atoms with Crippen LogP contribution in [-0.4, -0.2) is 33.4 Å². The summed E-state index contributed by atoms with van der Waals surface area (Å²) in [4.78, 5) is 13.3. The summed E-state index contributed by atoms with van der Waals surface area (Å²) in [6, 6.07) is 14.4. The molecule has 0 aliphatic heterocycles. The fraction of sp³-hybridized carbons (Fsp3) is 0.188. The molecule has 24 heavy (non-hydrogen) atoms. The third-order valence-corrected chi connectivity index (χ3v) is 5.84. The SMILES string of the molecule is CSc1ccccc1NC(=O)CN(c1ccc(I)cc1)S(C)(=O)=O. The Bertz CT molecular complexity index is 823. The lowest BCUT2D eigenvalue weighted by Gasteiger charge is -2.22. The van der Waals surface area contributed by atoms with Crippen LogP contribution in [-0.2, 0) is 14.8 Å². The van der Waals surface area contributed by atoms with Crippen LogP contribution in [0.3, 0.4) is 0 Å². The van der Waals surface area contributed by atoms with Crippen molar-refractivity contribution in [1.82, 2.24) is 0 Å². The summed E-state index contributed by atoms with van der Waals surface area (Å²) in [5.41, 5.74) is 1.14. The molecule has 0 heterocycles. The molecule has 0 aliphatic carbocycles. The van der Waals surface area contributed by atoms with Gasteiger partial charge in [-0.15, -0.1) is 11.8 Å². The number of hydrogen-bond acceptors (Lipinski definition) is 4. The lowest BCUT2D eigenvalue weighted by atomic mass is 10.3. The van der Waals surface area contributed by atoms with Crippen LogP contribution in [0, 0.1) is 3.57 Å². The number of carbonyl (C=O) groups excluding carboxylic acids is 1. The Labute approximate surface area is 160 Å². The normalized spacial score (nSPS) is 11.1. The summed E-state index contributed by atoms with van der Waals surface area (Å²) >= 11 is 3.65. The molecule has 0 fully saturated rings. The van der Waals surface area contributed by atoms with Crippen LogP contribution in [0.25, 0.3) is 0 Å². The first-order chi connectivity index (χ1) is 11.3. The average molecular weight is 476 g/mol. The minimum atomic E-state index is -3.57. The molecular weight excluding hydrogens is 459 g/mol. The Morgan fingerprint density at radius 3 is 2.38 bits per heavy atom. The number of sulfonamides is 1. The van der Waals surface area contributed by atoms with E-state index in [1.54, 1.807) is 30.3 Å². The van der Waals surface area contributed by atoms with Gasteiger partial charge in [0.2, 0.25) is 15.9 Å². The number of carbonyl (C=O) groups is 1. The molecule has 0 spiro atoms. The summed E-state index contributed by atoms with van der Waals surface area (Å²) in [5, 5.41) is 2.78. The fourth-order valence-corrected chi connectivity index (χ4v) is 3.85. The van der Waals surface area contributed by atoms with Crippen LogP contribution < -0.4 is 9.62 Å². The van der Waals surface area contributed by atoms with E-state index < -0.39 is 10.0 Å². The molecule has 1 amide bonds. The molecule has 0 bridgehead atoms. The topological polar surface area (TPSA) is 66.5 Å². The number of benzene rings is 2. The van der Waals surface area contributed by atoms with Crippen LogP contribution >= 0.6 is 34.4 Å². The molecular formula is C16H17IN2O3S2. The number of para-hydroxylation sites is 1. The third kappa shape index (κ3) is 5.12. The Kier molecular flexibility index (Phi) is 6.53. The van der Waals surface area contributed by atoms with E-state index in [-0.39, 0.29) is 12.5 Å². The predicted octanol–water partition coefficient (Wildman–Crippen LogP) is 3.42. The standard InChI is InChI=1S/C16H17IN2O3S2/c1-23-15-6-4-3-5-14(15)18-16(20)11-19(24(2,21)22)13-9-7-12(17)8-10-13/h3-10H,11H2,1-2H3,(H,18,20). The monoisotopic (exact) mass is 476 g/mol. The van der Waals surface area contributed by atoms with Gasteiger partial charge in [-0.1, -0.05) is 12.1 Å². The van der Waals surface area contributed by atoms with Crippen molar-refractivity contribution >= 4 is 61.7 Å². The Hall–Kier alpha value is -1.26. The first-order valence-electron chi connectivity index (χ1n) is 6.97. The highest BCUT2D eigenvalue weighted by molar-refractivity contribution is 14.1. The summed E-state index contributed by atoms with van der Waals surface area (Å²) in [6.07, 6.45) is 3.01. The minimum absolute atomic E-state index is 0.276. The van der Waals surface area contributed by atoms with E-state index in [4.69, 9.17) is 0 Å². The average Bonchev–Trinajstić information content (AvgIpc) is 2.53. The van der Waals surface area contributed by atoms with Crippen molar-refractivity contribution in [3.8, 4) is 0 Å². The maximum atomic E-state index is 12.3. The molecule has 2 rings (SSSR count). The second-order valence-electron chi connectivity index (χ2n) is 4.99. The van der Waals surface area contributed by atoms with Gasteiger partial charge in [-0.25, -0.2) is 8.42 Å². The van der Waals surface area contributed by atoms with Crippen molar-refractivity contribution in [2.45, 2.75) is 4.90 Å². The minimum Gasteiger partial charge on any atom is -0.323 e. The quantitative estimate of drug-likeness (QED) is 0.513. The van der Waals surface area contributed by atoms with Crippen LogP contribution in [0.5, 0.6) is 0 Å². The first-order valence-corrected chi connectivity index (χ1v) is 11.1. The number of rotatable bonds is 6. The van der Waals surface area contributed by atoms with E-state index in [9.17, 15) is 13.2 Å². The van der Waals surface area contributed by atoms with Crippen LogP contribution in [0.1, 0.15) is 0 Å². The highest BCUT2D eigenvalue weighted by Crippen LogP contribution is 2.25. The predicted molar refractivity (Wildman–Crippen MR) is 108 cm³/mol. The van der Waals surface area contributed by atoms with Crippen molar-refractivity contribution in [1.29, 1.82) is 0 Å². The van der Waals surface area contributed by atoms with Gasteiger partial charge in [-0.2, -0.15) is 0 Å². The van der Waals surface area contributed by atoms with E-state index >= 15 is 0 Å². The maximum Gasteiger partial charge on any atom is 0.245 e. The highest BCUT2D eigenvalue weighted by Gasteiger charge is 2.21. The largest absolute Gasteiger partial charge is 0.323 e. The third-order valence-electron chi connectivity index (χ3n) is 3.18. The second-order valence-corrected chi connectivity index (χ2v) is 9.00. The van der Waals surface area contributed by atoms with Gasteiger partial charge in [0.25, 0.3) is 0 Å². The number of anilines is 2. The van der Waals surface area contributed by atoms with E-state index in [1.807, 2.05) is 24.5 Å². The van der Waals surface area contributed by atoms with E-state index in [0.29, 0.717) is 11.4 Å². The smallest absolute Gasteiger partial charge is 0.245 e. The highest BCUT2D eigenvalue weighted by atomic mass is 127. The molecule has 0 unspecified atom stereocenters. The van der Waals surface area contributed by atoms with Crippen LogP contribution in [0.4, 0.5) is 11.4 Å². The molecule has 0 atom stereocenters. The summed E-state index contributed by atoms with van der Waals surface area (Å²) < 4.78 is 26.2. The number of nitrogens with zero attached hydrogens (tertiary/aromatic N) is 1. The number of amides is 1. The molecule has 0 radical (unpaired) electrons. The van der Waals surface area contributed by atoms with Gasteiger partial charge in [-0.3, -0.25) is 9.10 Å². The maximum absolute atomic E-state index is 12.3. The van der Waals surface area contributed by atoms with Crippen molar-refractivity contribution in [3.63, 3.8) is 0 Å². The Balaban J connectivity index is 2.21. The molecule has 0 saturated heterocycles. The molecule has 0 aliphatic rings. The second kappa shape index (κ2) is 8.21. The Morgan fingerprint density at radius 1 is 1.17 bits per heavy atom. The molecule has 2 aromatic carbocycles. The molecule has 8 heteroatoms. The van der Waals surface area contributed by atoms with Crippen molar-refractivity contribution in [2.24, 2.45) is 0 Å². The van der Waals surface area contributed by atoms with Gasteiger partial charge in [0.05, 0.1) is 17.6 Å². The van der Waals surface area contributed by atoms with Crippen molar-refractivity contribution in [3.05, 3.63) is 52.1 Å². The van der Waals surface area contributed by atoms with Crippen molar-refractivity contribution in [2.75, 3.05) is 28.7 Å². The molecule has 0 saturated carbocycles. The number of hydrogen-bond donors (Lipinski definition) is 1. The lowest BCUT2D eigenvalue weighted by Crippen LogP contribution is -2.37. The number of halogens is 1. The van der Waals surface area contributed by atoms with Gasteiger partial charge < -0.3 is 5.32 Å². The lowest BCUT2D eigenvalue weighted by molar-refractivity contribution is -0.114. The van der Waals surface area contributed by atoms with Gasteiger partial charge in [0.1, 0.15) is 6.54 Å². The fourth-order valence-electron chi connectivity index (χ4n) is 2.08. The molecule has 5 nitrogen and oxygen atoms in total. The first kappa shape index (κ1) is 19.1. The molecule has 128 valence electrons. The molecule has 0 aromatic heterocycles. The summed E-state index contributed by atoms with van der Waals surface area (Å²) in [7, 11) is -3.57. The summed E-state index contributed by atoms with van der Waals surface area (Å²) in [6.45, 7) is -0.276. The summed E-state index contributed by atoms with van der Waals surface area (Å²) in [5.74, 6) is -0.388. The molecule has 1 N–H and O–H groups in total. The van der Waals surface area contributed by atoms with E-state index in [2.05, 4.69) is 27.9 Å². The molecule has 2 aromatic rings. The van der Waals surface area contributed by atoms with Gasteiger partial charge in [-0.05, 0) is 65.2 Å². The zero-order valence-electron chi connectivity index (χ0n) is 13.2. The van der Waals surface area contributed by atoms with Crippen LogP contribution in [0.2, 0.25) is 0 Å². The zero-order valence-corrected chi connectivity index (χ0v) is 17.0. The van der Waals surface area contributed by atoms with Gasteiger partial charge in [0.15, 0.2) is 0 Å². The van der Waals surface area contributed by atoms with Crippen molar-refractivity contribution < 1.29 is 13.2 Å². The van der Waals surface area contributed by atoms with Gasteiger partial charge in [0, 0.05) is 8.47 Å². The Morgan fingerprint density at radius 2 is 1.79 bits per heavy atom.